The van der Waals surface area contributed by atoms with Gasteiger partial charge in [0.15, 0.2) is 0 Å². The van der Waals surface area contributed by atoms with Gasteiger partial charge in [-0.15, -0.1) is 0 Å². The number of carbonyl (C=O) groups is 3. The van der Waals surface area contributed by atoms with E-state index < -0.39 is 5.54 Å². The molecular formula is C26H32N4O3. The molecule has 0 aromatic heterocycles. The van der Waals surface area contributed by atoms with Crippen LogP contribution in [0.3, 0.4) is 0 Å². The van der Waals surface area contributed by atoms with Crippen molar-refractivity contribution in [2.45, 2.75) is 71.4 Å². The molecule has 1 aromatic carbocycles. The van der Waals surface area contributed by atoms with Gasteiger partial charge in [-0.3, -0.25) is 14.4 Å². The first-order chi connectivity index (χ1) is 15.7. The fourth-order valence-electron chi connectivity index (χ4n) is 4.98. The molecule has 33 heavy (non-hydrogen) atoms. The number of rotatable bonds is 5. The largest absolute Gasteiger partial charge is 0.352 e. The summed E-state index contributed by atoms with van der Waals surface area (Å²) in [7, 11) is 0. The molecule has 7 heteroatoms. The van der Waals surface area contributed by atoms with Crippen molar-refractivity contribution in [3.05, 3.63) is 53.3 Å². The Hall–Kier alpha value is -3.22. The summed E-state index contributed by atoms with van der Waals surface area (Å²) in [6, 6.07) is 6.01. The first kappa shape index (κ1) is 23.0. The Morgan fingerprint density at radius 1 is 1.15 bits per heavy atom. The molecule has 7 nitrogen and oxygen atoms in total. The number of benzene rings is 1. The third-order valence-corrected chi connectivity index (χ3v) is 6.60. The average Bonchev–Trinajstić information content (AvgIpc) is 3.23. The minimum Gasteiger partial charge on any atom is -0.352 e. The van der Waals surface area contributed by atoms with E-state index in [0.29, 0.717) is 11.5 Å². The zero-order chi connectivity index (χ0) is 23.8. The molecule has 1 atom stereocenters. The van der Waals surface area contributed by atoms with Gasteiger partial charge in [-0.25, -0.2) is 0 Å². The topological polar surface area (TPSA) is 82.1 Å². The molecule has 174 valence electrons. The van der Waals surface area contributed by atoms with Crippen molar-refractivity contribution >= 4 is 29.2 Å². The molecule has 1 saturated carbocycles. The summed E-state index contributed by atoms with van der Waals surface area (Å²) in [5.74, 6) is -0.364. The highest BCUT2D eigenvalue weighted by atomic mass is 16.2. The van der Waals surface area contributed by atoms with Crippen LogP contribution in [0.1, 0.15) is 57.1 Å². The van der Waals surface area contributed by atoms with Crippen LogP contribution < -0.4 is 10.2 Å². The molecule has 1 aliphatic carbocycles. The molecule has 3 aliphatic rings. The summed E-state index contributed by atoms with van der Waals surface area (Å²) < 4.78 is 0. The van der Waals surface area contributed by atoms with E-state index in [1.54, 1.807) is 24.1 Å². The van der Waals surface area contributed by atoms with Crippen molar-refractivity contribution in [3.63, 3.8) is 0 Å². The second kappa shape index (κ2) is 8.96. The number of anilines is 1. The lowest BCUT2D eigenvalue weighted by atomic mass is 9.89. The average molecular weight is 449 g/mol. The van der Waals surface area contributed by atoms with Crippen molar-refractivity contribution in [1.82, 2.24) is 10.2 Å². The number of hydrogen-bond donors (Lipinski definition) is 1. The molecule has 2 aliphatic heterocycles. The number of amides is 3. The van der Waals surface area contributed by atoms with Crippen LogP contribution in [-0.4, -0.2) is 46.6 Å². The van der Waals surface area contributed by atoms with Gasteiger partial charge in [-0.2, -0.15) is 4.99 Å². The molecule has 3 amide bonds. The molecule has 1 aromatic rings. The fraction of sp³-hybridized carbons (Fsp3) is 0.462. The van der Waals surface area contributed by atoms with Crippen molar-refractivity contribution in [2.24, 2.45) is 4.99 Å². The number of amidine groups is 1. The van der Waals surface area contributed by atoms with Crippen LogP contribution in [0.2, 0.25) is 0 Å². The minimum absolute atomic E-state index is 0.0574. The van der Waals surface area contributed by atoms with E-state index in [-0.39, 0.29) is 36.7 Å². The molecule has 1 fully saturated rings. The molecular weight excluding hydrogens is 416 g/mol. The summed E-state index contributed by atoms with van der Waals surface area (Å²) in [4.78, 5) is 47.1. The summed E-state index contributed by atoms with van der Waals surface area (Å²) >= 11 is 0. The summed E-state index contributed by atoms with van der Waals surface area (Å²) in [6.07, 6.45) is 9.61. The zero-order valence-corrected chi connectivity index (χ0v) is 19.9. The fourth-order valence-corrected chi connectivity index (χ4v) is 4.98. The van der Waals surface area contributed by atoms with E-state index in [9.17, 15) is 14.4 Å². The lowest BCUT2D eigenvalue weighted by Gasteiger charge is -2.44. The van der Waals surface area contributed by atoms with Crippen molar-refractivity contribution in [3.8, 4) is 0 Å². The lowest BCUT2D eigenvalue weighted by molar-refractivity contribution is -0.133. The number of nitrogens with zero attached hydrogens (tertiary/aromatic N) is 3. The molecule has 1 N–H and O–H groups in total. The number of aryl methyl sites for hydroxylation is 2. The number of aliphatic imine (C=N–C) groups is 1. The lowest BCUT2D eigenvalue weighted by Crippen LogP contribution is -2.62. The smallest absolute Gasteiger partial charge is 0.254 e. The quantitative estimate of drug-likeness (QED) is 0.747. The summed E-state index contributed by atoms with van der Waals surface area (Å²) in [5, 5.41) is 3.09. The number of fused-ring (bicyclic) bond motifs is 1. The van der Waals surface area contributed by atoms with Gasteiger partial charge in [0, 0.05) is 17.9 Å². The van der Waals surface area contributed by atoms with Gasteiger partial charge < -0.3 is 15.1 Å². The predicted molar refractivity (Wildman–Crippen MR) is 129 cm³/mol. The molecule has 0 saturated heterocycles. The zero-order valence-electron chi connectivity index (χ0n) is 19.9. The number of hydrogen-bond acceptors (Lipinski definition) is 4. The van der Waals surface area contributed by atoms with Gasteiger partial charge in [-0.1, -0.05) is 18.9 Å². The maximum Gasteiger partial charge on any atom is 0.254 e. The maximum atomic E-state index is 14.1. The molecule has 2 heterocycles. The van der Waals surface area contributed by atoms with Crippen LogP contribution in [-0.2, 0) is 14.4 Å². The molecule has 0 radical (unpaired) electrons. The van der Waals surface area contributed by atoms with Gasteiger partial charge in [0.2, 0.25) is 5.91 Å². The van der Waals surface area contributed by atoms with E-state index >= 15 is 0 Å². The Bertz CT molecular complexity index is 1060. The highest BCUT2D eigenvalue weighted by Crippen LogP contribution is 2.33. The molecule has 0 bridgehead atoms. The third kappa shape index (κ3) is 4.77. The normalized spacial score (nSPS) is 22.5. The molecule has 0 unspecified atom stereocenters. The molecule has 0 spiro atoms. The van der Waals surface area contributed by atoms with E-state index in [1.807, 2.05) is 45.0 Å². The number of nitrogens with one attached hydrogen (secondary N) is 1. The van der Waals surface area contributed by atoms with Crippen LogP contribution >= 0.6 is 0 Å². The second-order valence-electron chi connectivity index (χ2n) is 9.67. The van der Waals surface area contributed by atoms with Gasteiger partial charge in [-0.05, 0) is 81.5 Å². The van der Waals surface area contributed by atoms with Gasteiger partial charge >= 0.3 is 0 Å². The third-order valence-electron chi connectivity index (χ3n) is 6.60. The first-order valence-electron chi connectivity index (χ1n) is 11.6. The van der Waals surface area contributed by atoms with E-state index in [1.165, 1.54) is 4.90 Å². The monoisotopic (exact) mass is 448 g/mol. The van der Waals surface area contributed by atoms with Crippen molar-refractivity contribution in [1.29, 1.82) is 0 Å². The summed E-state index contributed by atoms with van der Waals surface area (Å²) in [6.45, 7) is 7.51. The van der Waals surface area contributed by atoms with Gasteiger partial charge in [0.1, 0.15) is 17.9 Å². The highest BCUT2D eigenvalue weighted by molar-refractivity contribution is 6.13. The van der Waals surface area contributed by atoms with Gasteiger partial charge in [0.25, 0.3) is 11.8 Å². The predicted octanol–water partition coefficient (Wildman–Crippen LogP) is 3.56. The summed E-state index contributed by atoms with van der Waals surface area (Å²) in [5.41, 5.74) is 2.43. The Kier molecular flexibility index (Phi) is 6.23. The van der Waals surface area contributed by atoms with Crippen LogP contribution in [0.5, 0.6) is 0 Å². The van der Waals surface area contributed by atoms with Crippen LogP contribution in [0.15, 0.2) is 47.1 Å². The highest BCUT2D eigenvalue weighted by Gasteiger charge is 2.48. The van der Waals surface area contributed by atoms with Gasteiger partial charge in [0.05, 0.1) is 6.42 Å². The first-order valence-corrected chi connectivity index (χ1v) is 11.6. The van der Waals surface area contributed by atoms with Crippen molar-refractivity contribution < 1.29 is 14.4 Å². The molecule has 4 rings (SSSR count). The standard InChI is InChI=1S/C26H32N4O3/c1-17-9-10-30-22(14-17)28-23(31)15-26(30,4)25(33)29(21-12-18(2)11-19(3)13-21)16-24(32)27-20-7-5-6-8-20/h9-14,20H,5-8,15-16H2,1-4H3,(H,27,32)/t26-/m0/s1. The Balaban J connectivity index is 1.69. The Morgan fingerprint density at radius 3 is 2.48 bits per heavy atom. The minimum atomic E-state index is -1.19. The van der Waals surface area contributed by atoms with E-state index in [0.717, 1.165) is 42.4 Å². The van der Waals surface area contributed by atoms with Crippen molar-refractivity contribution in [2.75, 3.05) is 11.4 Å². The Labute approximate surface area is 195 Å². The van der Waals surface area contributed by atoms with E-state index in [2.05, 4.69) is 10.3 Å². The number of carbonyl (C=O) groups excluding carboxylic acids is 3. The van der Waals surface area contributed by atoms with Crippen LogP contribution in [0, 0.1) is 13.8 Å². The Morgan fingerprint density at radius 2 is 1.82 bits per heavy atom. The van der Waals surface area contributed by atoms with Crippen LogP contribution in [0.4, 0.5) is 5.69 Å². The van der Waals surface area contributed by atoms with Crippen LogP contribution in [0.25, 0.3) is 0 Å². The van der Waals surface area contributed by atoms with E-state index in [4.69, 9.17) is 0 Å². The second-order valence-corrected chi connectivity index (χ2v) is 9.67. The SMILES string of the molecule is CC1=CC2=NC(=O)C[C@@](C)(C(=O)N(CC(=O)NC3CCCC3)c3cc(C)cc(C)c3)N2C=C1. The maximum absolute atomic E-state index is 14.1. The number of allylic oxidation sites excluding steroid dienone is 2.